The Hall–Kier alpha value is -2.92. The third-order valence-electron chi connectivity index (χ3n) is 4.46. The standard InChI is InChI=1S/C21H22N4O/c1-3-7-18(8-4-1)17-25(19-9-5-2-6-10-19)21-22-12-11-20(23-21)24-13-15-26-16-14-24/h1-12H,13-17H2. The molecule has 2 aromatic carbocycles. The van der Waals surface area contributed by atoms with Gasteiger partial charge in [0, 0.05) is 25.0 Å². The van der Waals surface area contributed by atoms with E-state index < -0.39 is 0 Å². The summed E-state index contributed by atoms with van der Waals surface area (Å²) in [7, 11) is 0. The number of para-hydroxylation sites is 1. The van der Waals surface area contributed by atoms with Crippen molar-refractivity contribution in [3.05, 3.63) is 78.5 Å². The molecule has 1 aliphatic rings. The minimum atomic E-state index is 0.712. The second-order valence-corrected chi connectivity index (χ2v) is 6.22. The Morgan fingerprint density at radius 3 is 2.31 bits per heavy atom. The zero-order chi connectivity index (χ0) is 17.6. The summed E-state index contributed by atoms with van der Waals surface area (Å²) in [5, 5.41) is 0. The molecule has 4 rings (SSSR count). The largest absolute Gasteiger partial charge is 0.378 e. The van der Waals surface area contributed by atoms with Crippen LogP contribution in [-0.4, -0.2) is 36.3 Å². The van der Waals surface area contributed by atoms with Crippen molar-refractivity contribution in [2.45, 2.75) is 6.54 Å². The van der Waals surface area contributed by atoms with E-state index in [-0.39, 0.29) is 0 Å². The summed E-state index contributed by atoms with van der Waals surface area (Å²) in [6.07, 6.45) is 1.84. The minimum absolute atomic E-state index is 0.712. The Kier molecular flexibility index (Phi) is 5.07. The van der Waals surface area contributed by atoms with E-state index >= 15 is 0 Å². The number of hydrogen-bond donors (Lipinski definition) is 0. The van der Waals surface area contributed by atoms with E-state index in [4.69, 9.17) is 9.72 Å². The highest BCUT2D eigenvalue weighted by molar-refractivity contribution is 5.59. The summed E-state index contributed by atoms with van der Waals surface area (Å²) in [5.74, 6) is 1.66. The van der Waals surface area contributed by atoms with E-state index in [1.807, 2.05) is 36.5 Å². The lowest BCUT2D eigenvalue weighted by Crippen LogP contribution is -2.37. The lowest BCUT2D eigenvalue weighted by Gasteiger charge is -2.29. The van der Waals surface area contributed by atoms with Gasteiger partial charge in [-0.3, -0.25) is 0 Å². The van der Waals surface area contributed by atoms with Crippen molar-refractivity contribution in [2.75, 3.05) is 36.1 Å². The van der Waals surface area contributed by atoms with E-state index in [0.717, 1.165) is 44.4 Å². The Morgan fingerprint density at radius 1 is 0.885 bits per heavy atom. The van der Waals surface area contributed by atoms with Gasteiger partial charge in [0.25, 0.3) is 0 Å². The predicted molar refractivity (Wildman–Crippen MR) is 104 cm³/mol. The van der Waals surface area contributed by atoms with Gasteiger partial charge in [-0.25, -0.2) is 4.98 Å². The lowest BCUT2D eigenvalue weighted by atomic mass is 10.2. The van der Waals surface area contributed by atoms with Gasteiger partial charge in [-0.1, -0.05) is 48.5 Å². The number of anilines is 3. The fourth-order valence-corrected chi connectivity index (χ4v) is 3.09. The van der Waals surface area contributed by atoms with Crippen molar-refractivity contribution >= 4 is 17.5 Å². The maximum Gasteiger partial charge on any atom is 0.232 e. The number of benzene rings is 2. The van der Waals surface area contributed by atoms with Gasteiger partial charge in [-0.05, 0) is 23.8 Å². The van der Waals surface area contributed by atoms with Gasteiger partial charge in [0.05, 0.1) is 19.8 Å². The van der Waals surface area contributed by atoms with Gasteiger partial charge in [0.2, 0.25) is 5.95 Å². The van der Waals surface area contributed by atoms with Crippen LogP contribution in [0.2, 0.25) is 0 Å². The molecule has 0 spiro atoms. The maximum absolute atomic E-state index is 5.45. The predicted octanol–water partition coefficient (Wildman–Crippen LogP) is 3.65. The maximum atomic E-state index is 5.45. The van der Waals surface area contributed by atoms with Crippen LogP contribution in [0.3, 0.4) is 0 Å². The number of hydrogen-bond acceptors (Lipinski definition) is 5. The molecule has 26 heavy (non-hydrogen) atoms. The molecular weight excluding hydrogens is 324 g/mol. The van der Waals surface area contributed by atoms with E-state index in [1.165, 1.54) is 5.56 Å². The van der Waals surface area contributed by atoms with Gasteiger partial charge in [-0.15, -0.1) is 0 Å². The van der Waals surface area contributed by atoms with E-state index in [9.17, 15) is 0 Å². The van der Waals surface area contributed by atoms with Crippen molar-refractivity contribution in [3.8, 4) is 0 Å². The second kappa shape index (κ2) is 7.97. The molecule has 0 radical (unpaired) electrons. The monoisotopic (exact) mass is 346 g/mol. The fourth-order valence-electron chi connectivity index (χ4n) is 3.09. The molecule has 0 aliphatic carbocycles. The first-order chi connectivity index (χ1) is 12.9. The Labute approximate surface area is 153 Å². The average Bonchev–Trinajstić information content (AvgIpc) is 2.74. The molecule has 3 aromatic rings. The molecule has 1 fully saturated rings. The Balaban J connectivity index is 1.67. The van der Waals surface area contributed by atoms with Crippen LogP contribution in [0.5, 0.6) is 0 Å². The first-order valence-electron chi connectivity index (χ1n) is 8.92. The third kappa shape index (κ3) is 3.83. The number of morpholine rings is 1. The Morgan fingerprint density at radius 2 is 1.58 bits per heavy atom. The first kappa shape index (κ1) is 16.5. The van der Waals surface area contributed by atoms with Crippen LogP contribution in [0.15, 0.2) is 72.9 Å². The van der Waals surface area contributed by atoms with Gasteiger partial charge in [-0.2, -0.15) is 4.98 Å². The van der Waals surface area contributed by atoms with Crippen LogP contribution >= 0.6 is 0 Å². The summed E-state index contributed by atoms with van der Waals surface area (Å²) < 4.78 is 5.45. The van der Waals surface area contributed by atoms with Gasteiger partial charge in [0.1, 0.15) is 5.82 Å². The van der Waals surface area contributed by atoms with Crippen LogP contribution in [0, 0.1) is 0 Å². The molecule has 0 saturated carbocycles. The fraction of sp³-hybridized carbons (Fsp3) is 0.238. The highest BCUT2D eigenvalue weighted by atomic mass is 16.5. The first-order valence-corrected chi connectivity index (χ1v) is 8.92. The summed E-state index contributed by atoms with van der Waals surface area (Å²) in [5.41, 5.74) is 2.30. The smallest absolute Gasteiger partial charge is 0.232 e. The van der Waals surface area contributed by atoms with Gasteiger partial charge in [0.15, 0.2) is 0 Å². The molecule has 5 heteroatoms. The Bertz CT molecular complexity index is 820. The summed E-state index contributed by atoms with van der Waals surface area (Å²) in [6, 6.07) is 22.7. The molecule has 0 bridgehead atoms. The van der Waals surface area contributed by atoms with E-state index in [0.29, 0.717) is 5.95 Å². The molecule has 0 unspecified atom stereocenters. The van der Waals surface area contributed by atoms with Crippen LogP contribution in [0.25, 0.3) is 0 Å². The highest BCUT2D eigenvalue weighted by Gasteiger charge is 2.17. The van der Waals surface area contributed by atoms with Gasteiger partial charge < -0.3 is 14.5 Å². The quantitative estimate of drug-likeness (QED) is 0.705. The zero-order valence-corrected chi connectivity index (χ0v) is 14.7. The molecule has 1 aliphatic heterocycles. The lowest BCUT2D eigenvalue weighted by molar-refractivity contribution is 0.122. The van der Waals surface area contributed by atoms with Crippen molar-refractivity contribution in [2.24, 2.45) is 0 Å². The van der Waals surface area contributed by atoms with Crippen molar-refractivity contribution in [1.29, 1.82) is 0 Å². The number of nitrogens with zero attached hydrogens (tertiary/aromatic N) is 4. The molecule has 0 N–H and O–H groups in total. The second-order valence-electron chi connectivity index (χ2n) is 6.22. The molecule has 1 aromatic heterocycles. The van der Waals surface area contributed by atoms with Crippen molar-refractivity contribution in [3.63, 3.8) is 0 Å². The minimum Gasteiger partial charge on any atom is -0.378 e. The van der Waals surface area contributed by atoms with E-state index in [1.54, 1.807) is 0 Å². The van der Waals surface area contributed by atoms with Crippen LogP contribution in [0.4, 0.5) is 17.5 Å². The molecule has 0 atom stereocenters. The number of ether oxygens (including phenoxy) is 1. The molecule has 132 valence electrons. The van der Waals surface area contributed by atoms with Gasteiger partial charge >= 0.3 is 0 Å². The van der Waals surface area contributed by atoms with Crippen molar-refractivity contribution < 1.29 is 4.74 Å². The molecule has 5 nitrogen and oxygen atoms in total. The topological polar surface area (TPSA) is 41.5 Å². The number of aromatic nitrogens is 2. The third-order valence-corrected chi connectivity index (χ3v) is 4.46. The summed E-state index contributed by atoms with van der Waals surface area (Å²) in [4.78, 5) is 13.8. The zero-order valence-electron chi connectivity index (χ0n) is 14.7. The molecule has 0 amide bonds. The average molecular weight is 346 g/mol. The molecular formula is C21H22N4O. The van der Waals surface area contributed by atoms with Crippen LogP contribution in [-0.2, 0) is 11.3 Å². The summed E-state index contributed by atoms with van der Waals surface area (Å²) >= 11 is 0. The van der Waals surface area contributed by atoms with Crippen LogP contribution < -0.4 is 9.80 Å². The summed E-state index contributed by atoms with van der Waals surface area (Å²) in [6.45, 7) is 3.93. The SMILES string of the molecule is c1ccc(CN(c2ccccc2)c2nccc(N3CCOCC3)n2)cc1. The molecule has 1 saturated heterocycles. The normalized spacial score (nSPS) is 14.2. The van der Waals surface area contributed by atoms with Crippen LogP contribution in [0.1, 0.15) is 5.56 Å². The number of rotatable bonds is 5. The molecule has 2 heterocycles. The highest BCUT2D eigenvalue weighted by Crippen LogP contribution is 2.26. The van der Waals surface area contributed by atoms with E-state index in [2.05, 4.69) is 51.2 Å². The van der Waals surface area contributed by atoms with Crippen molar-refractivity contribution in [1.82, 2.24) is 9.97 Å².